The number of hydrogen-bond acceptors (Lipinski definition) is 3. The summed E-state index contributed by atoms with van der Waals surface area (Å²) in [6.45, 7) is 0.276. The number of aryl methyl sites for hydroxylation is 1. The number of epoxide rings is 1. The van der Waals surface area contributed by atoms with Gasteiger partial charge in [0.05, 0.1) is 0 Å². The molecule has 4 heteroatoms. The van der Waals surface area contributed by atoms with Gasteiger partial charge in [0.15, 0.2) is 6.23 Å². The van der Waals surface area contributed by atoms with Crippen molar-refractivity contribution in [3.63, 3.8) is 0 Å². The number of rotatable bonds is 7. The predicted octanol–water partition coefficient (Wildman–Crippen LogP) is 3.66. The van der Waals surface area contributed by atoms with Gasteiger partial charge in [0, 0.05) is 0 Å². The van der Waals surface area contributed by atoms with Gasteiger partial charge < -0.3 is 9.47 Å². The minimum atomic E-state index is -0.426. The molecule has 1 aliphatic rings. The Bertz CT molecular complexity index is 615. The molecule has 0 spiro atoms. The molecule has 4 nitrogen and oxygen atoms in total. The van der Waals surface area contributed by atoms with Gasteiger partial charge in [0.25, 0.3) is 0 Å². The second kappa shape index (κ2) is 7.79. The fourth-order valence-electron chi connectivity index (χ4n) is 2.52. The first-order chi connectivity index (χ1) is 11.3. The molecule has 0 aliphatic carbocycles. The Morgan fingerprint density at radius 2 is 1.65 bits per heavy atom. The number of carbonyl (C=O) groups is 1. The molecule has 1 N–H and O–H groups in total. The predicted molar refractivity (Wildman–Crippen MR) is 87.8 cm³/mol. The number of benzene rings is 2. The van der Waals surface area contributed by atoms with Crippen LogP contribution in [0.15, 0.2) is 60.7 Å². The van der Waals surface area contributed by atoms with Crippen LogP contribution < -0.4 is 5.32 Å². The molecule has 2 aromatic rings. The lowest BCUT2D eigenvalue weighted by Crippen LogP contribution is -2.28. The Kier molecular flexibility index (Phi) is 5.27. The molecule has 1 fully saturated rings. The Morgan fingerprint density at radius 1 is 1.00 bits per heavy atom. The van der Waals surface area contributed by atoms with Crippen LogP contribution in [-0.2, 0) is 22.5 Å². The first-order valence-electron chi connectivity index (χ1n) is 7.98. The van der Waals surface area contributed by atoms with E-state index in [-0.39, 0.29) is 18.9 Å². The van der Waals surface area contributed by atoms with E-state index in [0.717, 1.165) is 24.8 Å². The second-order valence-corrected chi connectivity index (χ2v) is 5.68. The van der Waals surface area contributed by atoms with Crippen molar-refractivity contribution < 1.29 is 14.3 Å². The first kappa shape index (κ1) is 15.6. The highest BCUT2D eigenvalue weighted by Gasteiger charge is 2.39. The Labute approximate surface area is 136 Å². The fourth-order valence-corrected chi connectivity index (χ4v) is 2.52. The van der Waals surface area contributed by atoms with Crippen molar-refractivity contribution in [2.24, 2.45) is 0 Å². The molecule has 120 valence electrons. The van der Waals surface area contributed by atoms with Crippen molar-refractivity contribution in [3.8, 4) is 0 Å². The van der Waals surface area contributed by atoms with E-state index in [0.29, 0.717) is 0 Å². The van der Waals surface area contributed by atoms with Gasteiger partial charge in [0.2, 0.25) is 0 Å². The third-order valence-corrected chi connectivity index (χ3v) is 3.85. The summed E-state index contributed by atoms with van der Waals surface area (Å²) in [6, 6.07) is 20.0. The molecule has 1 amide bonds. The summed E-state index contributed by atoms with van der Waals surface area (Å²) in [4.78, 5) is 11.7. The minimum absolute atomic E-state index is 0.114. The standard InChI is InChI=1S/C19H21NO3/c21-19(22-14-16-10-5-2-6-11-16)20-18-17(23-18)13-7-12-15-8-3-1-4-9-15/h1-6,8-11,17-18H,7,12-14H2,(H,20,21)/t17-,18?/m0/s1. The number of alkyl carbamates (subject to hydrolysis) is 1. The molecular weight excluding hydrogens is 290 g/mol. The number of nitrogens with one attached hydrogen (secondary N) is 1. The maximum atomic E-state index is 11.7. The van der Waals surface area contributed by atoms with E-state index in [4.69, 9.17) is 9.47 Å². The third kappa shape index (κ3) is 5.11. The van der Waals surface area contributed by atoms with Gasteiger partial charge in [-0.15, -0.1) is 0 Å². The van der Waals surface area contributed by atoms with Crippen molar-refractivity contribution in [1.82, 2.24) is 5.32 Å². The zero-order valence-electron chi connectivity index (χ0n) is 13.0. The molecule has 1 saturated heterocycles. The molecule has 1 unspecified atom stereocenters. The monoisotopic (exact) mass is 311 g/mol. The van der Waals surface area contributed by atoms with Gasteiger partial charge in [-0.25, -0.2) is 4.79 Å². The van der Waals surface area contributed by atoms with Gasteiger partial charge in [-0.3, -0.25) is 5.32 Å². The van der Waals surface area contributed by atoms with Crippen molar-refractivity contribution >= 4 is 6.09 Å². The van der Waals surface area contributed by atoms with Crippen LogP contribution in [0.25, 0.3) is 0 Å². The van der Waals surface area contributed by atoms with Crippen LogP contribution in [0.1, 0.15) is 24.0 Å². The minimum Gasteiger partial charge on any atom is -0.445 e. The summed E-state index contributed by atoms with van der Waals surface area (Å²) in [7, 11) is 0. The lowest BCUT2D eigenvalue weighted by atomic mass is 10.1. The van der Waals surface area contributed by atoms with E-state index < -0.39 is 6.09 Å². The maximum absolute atomic E-state index is 11.7. The lowest BCUT2D eigenvalue weighted by Gasteiger charge is -2.05. The van der Waals surface area contributed by atoms with Crippen LogP contribution in [0.4, 0.5) is 4.79 Å². The second-order valence-electron chi connectivity index (χ2n) is 5.68. The van der Waals surface area contributed by atoms with Crippen LogP contribution in [0.5, 0.6) is 0 Å². The van der Waals surface area contributed by atoms with Crippen molar-refractivity contribution in [3.05, 3.63) is 71.8 Å². The molecule has 0 aromatic heterocycles. The average Bonchev–Trinajstić information content (AvgIpc) is 3.33. The molecule has 23 heavy (non-hydrogen) atoms. The third-order valence-electron chi connectivity index (χ3n) is 3.85. The van der Waals surface area contributed by atoms with E-state index in [9.17, 15) is 4.79 Å². The highest BCUT2D eigenvalue weighted by Crippen LogP contribution is 2.25. The zero-order chi connectivity index (χ0) is 15.9. The van der Waals surface area contributed by atoms with Crippen LogP contribution >= 0.6 is 0 Å². The summed E-state index contributed by atoms with van der Waals surface area (Å²) >= 11 is 0. The molecule has 2 atom stereocenters. The van der Waals surface area contributed by atoms with E-state index in [1.165, 1.54) is 5.56 Å². The highest BCUT2D eigenvalue weighted by atomic mass is 16.6. The zero-order valence-corrected chi connectivity index (χ0v) is 13.0. The Balaban J connectivity index is 1.29. The summed E-state index contributed by atoms with van der Waals surface area (Å²) in [6.07, 6.45) is 2.51. The SMILES string of the molecule is O=C(NC1O[C@H]1CCCc1ccccc1)OCc1ccccc1. The topological polar surface area (TPSA) is 50.9 Å². The van der Waals surface area contributed by atoms with Crippen molar-refractivity contribution in [2.45, 2.75) is 38.2 Å². The number of amides is 1. The number of carbonyl (C=O) groups excluding carboxylic acids is 1. The molecular formula is C19H21NO3. The van der Waals surface area contributed by atoms with Crippen LogP contribution in [0, 0.1) is 0 Å². The van der Waals surface area contributed by atoms with Crippen molar-refractivity contribution in [1.29, 1.82) is 0 Å². The normalized spacial score (nSPS) is 19.1. The molecule has 1 aliphatic heterocycles. The molecule has 0 saturated carbocycles. The molecule has 0 radical (unpaired) electrons. The van der Waals surface area contributed by atoms with E-state index in [1.807, 2.05) is 36.4 Å². The van der Waals surface area contributed by atoms with E-state index >= 15 is 0 Å². The van der Waals surface area contributed by atoms with Gasteiger partial charge >= 0.3 is 6.09 Å². The molecule has 1 heterocycles. The Morgan fingerprint density at radius 3 is 2.35 bits per heavy atom. The van der Waals surface area contributed by atoms with Crippen LogP contribution in [0.2, 0.25) is 0 Å². The van der Waals surface area contributed by atoms with Gasteiger partial charge in [-0.2, -0.15) is 0 Å². The average molecular weight is 311 g/mol. The number of hydrogen-bond donors (Lipinski definition) is 1. The Hall–Kier alpha value is -2.33. The lowest BCUT2D eigenvalue weighted by molar-refractivity contribution is 0.135. The number of ether oxygens (including phenoxy) is 2. The fraction of sp³-hybridized carbons (Fsp3) is 0.316. The summed E-state index contributed by atoms with van der Waals surface area (Å²) < 4.78 is 10.6. The van der Waals surface area contributed by atoms with E-state index in [1.54, 1.807) is 0 Å². The smallest absolute Gasteiger partial charge is 0.409 e. The van der Waals surface area contributed by atoms with Gasteiger partial charge in [-0.1, -0.05) is 60.7 Å². The highest BCUT2D eigenvalue weighted by molar-refractivity contribution is 5.67. The molecule has 3 rings (SSSR count). The van der Waals surface area contributed by atoms with Crippen LogP contribution in [-0.4, -0.2) is 18.4 Å². The quantitative estimate of drug-likeness (QED) is 0.794. The first-order valence-corrected chi connectivity index (χ1v) is 7.98. The summed E-state index contributed by atoms with van der Waals surface area (Å²) in [5, 5.41) is 2.74. The molecule has 0 bridgehead atoms. The van der Waals surface area contributed by atoms with Crippen molar-refractivity contribution in [2.75, 3.05) is 0 Å². The maximum Gasteiger partial charge on any atom is 0.409 e. The summed E-state index contributed by atoms with van der Waals surface area (Å²) in [5.74, 6) is 0. The molecule has 2 aromatic carbocycles. The van der Waals surface area contributed by atoms with Gasteiger partial charge in [0.1, 0.15) is 12.7 Å². The van der Waals surface area contributed by atoms with E-state index in [2.05, 4.69) is 29.6 Å². The largest absolute Gasteiger partial charge is 0.445 e. The van der Waals surface area contributed by atoms with Gasteiger partial charge in [-0.05, 0) is 30.4 Å². The summed E-state index contributed by atoms with van der Waals surface area (Å²) in [5.41, 5.74) is 2.30. The van der Waals surface area contributed by atoms with Crippen LogP contribution in [0.3, 0.4) is 0 Å².